The van der Waals surface area contributed by atoms with Crippen LogP contribution in [0.5, 0.6) is 11.5 Å². The minimum Gasteiger partial charge on any atom is -0.496 e. The van der Waals surface area contributed by atoms with Gasteiger partial charge in [0.1, 0.15) is 16.4 Å². The minimum atomic E-state index is -3.38. The summed E-state index contributed by atoms with van der Waals surface area (Å²) in [7, 11) is -0.344. The van der Waals surface area contributed by atoms with Crippen molar-refractivity contribution < 1.29 is 17.9 Å². The Balaban J connectivity index is 2.71. The molecule has 1 saturated heterocycles. The third-order valence-electron chi connectivity index (χ3n) is 3.40. The van der Waals surface area contributed by atoms with Gasteiger partial charge >= 0.3 is 0 Å². The fraction of sp³-hybridized carbons (Fsp3) is 0.538. The third kappa shape index (κ3) is 2.69. The van der Waals surface area contributed by atoms with E-state index in [1.165, 1.54) is 13.4 Å². The molecule has 1 aromatic rings. The summed E-state index contributed by atoms with van der Waals surface area (Å²) in [4.78, 5) is 0.253. The van der Waals surface area contributed by atoms with Crippen molar-refractivity contribution in [1.82, 2.24) is 5.32 Å². The van der Waals surface area contributed by atoms with Gasteiger partial charge in [0.05, 0.1) is 14.2 Å². The number of nitrogens with one attached hydrogen (secondary N) is 1. The molecule has 1 aliphatic heterocycles. The van der Waals surface area contributed by atoms with Crippen LogP contribution in [0.1, 0.15) is 17.9 Å². The summed E-state index contributed by atoms with van der Waals surface area (Å²) < 4.78 is 34.8. The molecule has 1 unspecified atom stereocenters. The van der Waals surface area contributed by atoms with E-state index in [0.717, 1.165) is 25.1 Å². The maximum absolute atomic E-state index is 12.1. The van der Waals surface area contributed by atoms with Crippen LogP contribution < -0.4 is 14.8 Å². The van der Waals surface area contributed by atoms with E-state index in [4.69, 9.17) is 9.47 Å². The fourth-order valence-electron chi connectivity index (χ4n) is 2.57. The topological polar surface area (TPSA) is 64.6 Å². The first-order valence-electron chi connectivity index (χ1n) is 6.14. The molecule has 0 aromatic heterocycles. The van der Waals surface area contributed by atoms with Gasteiger partial charge in [0.15, 0.2) is 9.84 Å². The van der Waals surface area contributed by atoms with Crippen molar-refractivity contribution in [2.75, 3.05) is 33.6 Å². The molecule has 5 nitrogen and oxygen atoms in total. The van der Waals surface area contributed by atoms with E-state index < -0.39 is 9.84 Å². The maximum atomic E-state index is 12.1. The molecule has 1 heterocycles. The van der Waals surface area contributed by atoms with Crippen LogP contribution >= 0.6 is 0 Å². The molecule has 1 aromatic carbocycles. The van der Waals surface area contributed by atoms with Crippen molar-refractivity contribution in [3.8, 4) is 11.5 Å². The predicted molar refractivity (Wildman–Crippen MR) is 72.9 cm³/mol. The molecule has 106 valence electrons. The number of ether oxygens (including phenoxy) is 2. The molecule has 6 heteroatoms. The molecule has 1 N–H and O–H groups in total. The zero-order valence-electron chi connectivity index (χ0n) is 11.4. The Hall–Kier alpha value is -1.27. The van der Waals surface area contributed by atoms with Crippen LogP contribution in [0.3, 0.4) is 0 Å². The number of hydrogen-bond donors (Lipinski definition) is 1. The van der Waals surface area contributed by atoms with Crippen molar-refractivity contribution in [1.29, 1.82) is 0 Å². The Morgan fingerprint density at radius 3 is 2.32 bits per heavy atom. The quantitative estimate of drug-likeness (QED) is 0.900. The second-order valence-electron chi connectivity index (χ2n) is 4.67. The normalized spacial score (nSPS) is 19.4. The predicted octanol–water partition coefficient (Wildman–Crippen LogP) is 1.18. The first-order chi connectivity index (χ1) is 8.99. The van der Waals surface area contributed by atoms with Gasteiger partial charge in [-0.3, -0.25) is 0 Å². The van der Waals surface area contributed by atoms with E-state index in [9.17, 15) is 8.42 Å². The summed E-state index contributed by atoms with van der Waals surface area (Å²) in [6.45, 7) is 1.64. The van der Waals surface area contributed by atoms with Gasteiger partial charge in [-0.15, -0.1) is 0 Å². The molecule has 0 radical (unpaired) electrons. The minimum absolute atomic E-state index is 0.134. The molecule has 1 atom stereocenters. The smallest absolute Gasteiger partial charge is 0.179 e. The van der Waals surface area contributed by atoms with E-state index in [1.807, 2.05) is 0 Å². The second-order valence-corrected chi connectivity index (χ2v) is 6.63. The van der Waals surface area contributed by atoms with E-state index in [0.29, 0.717) is 11.5 Å². The van der Waals surface area contributed by atoms with Gasteiger partial charge in [-0.2, -0.15) is 0 Å². The zero-order chi connectivity index (χ0) is 14.0. The van der Waals surface area contributed by atoms with Crippen LogP contribution in [0.15, 0.2) is 17.0 Å². The molecular formula is C13H19NO4S. The van der Waals surface area contributed by atoms with Crippen LogP contribution in [0, 0.1) is 0 Å². The van der Waals surface area contributed by atoms with Gasteiger partial charge in [0, 0.05) is 24.3 Å². The van der Waals surface area contributed by atoms with Crippen LogP contribution in [-0.2, 0) is 9.84 Å². The lowest BCUT2D eigenvalue weighted by molar-refractivity contribution is 0.384. The number of hydrogen-bond acceptors (Lipinski definition) is 5. The van der Waals surface area contributed by atoms with Crippen LogP contribution in [0.4, 0.5) is 0 Å². The molecule has 0 bridgehead atoms. The van der Waals surface area contributed by atoms with E-state index in [1.54, 1.807) is 19.2 Å². The highest BCUT2D eigenvalue weighted by Gasteiger charge is 2.30. The molecule has 2 rings (SSSR count). The first-order valence-corrected chi connectivity index (χ1v) is 8.03. The van der Waals surface area contributed by atoms with Gasteiger partial charge in [-0.1, -0.05) is 0 Å². The fourth-order valence-corrected chi connectivity index (χ4v) is 3.75. The third-order valence-corrected chi connectivity index (χ3v) is 4.56. The number of sulfone groups is 1. The average Bonchev–Trinajstić information content (AvgIpc) is 2.89. The summed E-state index contributed by atoms with van der Waals surface area (Å²) in [6, 6.07) is 3.41. The largest absolute Gasteiger partial charge is 0.496 e. The Kier molecular flexibility index (Phi) is 4.01. The van der Waals surface area contributed by atoms with Gasteiger partial charge in [0.2, 0.25) is 0 Å². The molecule has 19 heavy (non-hydrogen) atoms. The zero-order valence-corrected chi connectivity index (χ0v) is 12.2. The Morgan fingerprint density at radius 2 is 1.84 bits per heavy atom. The summed E-state index contributed by atoms with van der Waals surface area (Å²) >= 11 is 0. The van der Waals surface area contributed by atoms with Gasteiger partial charge in [0.25, 0.3) is 0 Å². The molecular weight excluding hydrogens is 266 g/mol. The SMILES string of the molecule is COc1ccc(OC)c(S(C)(=O)=O)c1C1CCNC1. The van der Waals surface area contributed by atoms with Crippen molar-refractivity contribution in [2.24, 2.45) is 0 Å². The monoisotopic (exact) mass is 285 g/mol. The van der Waals surface area contributed by atoms with E-state index in [2.05, 4.69) is 5.32 Å². The van der Waals surface area contributed by atoms with Crippen LogP contribution in [0.25, 0.3) is 0 Å². The lowest BCUT2D eigenvalue weighted by atomic mass is 9.97. The lowest BCUT2D eigenvalue weighted by Gasteiger charge is -2.20. The molecule has 0 amide bonds. The summed E-state index contributed by atoms with van der Waals surface area (Å²) in [5.41, 5.74) is 0.731. The van der Waals surface area contributed by atoms with Gasteiger partial charge in [-0.05, 0) is 25.1 Å². The standard InChI is InChI=1S/C13H19NO4S/c1-17-10-4-5-11(18-2)13(19(3,15)16)12(10)9-6-7-14-8-9/h4-5,9,14H,6-8H2,1-3H3. The molecule has 0 aliphatic carbocycles. The van der Waals surface area contributed by atoms with Crippen molar-refractivity contribution in [2.45, 2.75) is 17.2 Å². The van der Waals surface area contributed by atoms with Crippen LogP contribution in [0.2, 0.25) is 0 Å². The molecule has 1 fully saturated rings. The van der Waals surface area contributed by atoms with E-state index in [-0.39, 0.29) is 10.8 Å². The summed E-state index contributed by atoms with van der Waals surface area (Å²) in [6.07, 6.45) is 2.10. The van der Waals surface area contributed by atoms with Gasteiger partial charge < -0.3 is 14.8 Å². The second kappa shape index (κ2) is 5.38. The van der Waals surface area contributed by atoms with Gasteiger partial charge in [-0.25, -0.2) is 8.42 Å². The highest BCUT2D eigenvalue weighted by Crippen LogP contribution is 2.40. The Bertz CT molecular complexity index is 562. The first kappa shape index (κ1) is 14.1. The highest BCUT2D eigenvalue weighted by atomic mass is 32.2. The summed E-state index contributed by atoms with van der Waals surface area (Å²) in [5.74, 6) is 1.12. The Labute approximate surface area is 113 Å². The number of rotatable bonds is 4. The summed E-state index contributed by atoms with van der Waals surface area (Å²) in [5, 5.41) is 3.25. The molecule has 1 aliphatic rings. The Morgan fingerprint density at radius 1 is 1.21 bits per heavy atom. The van der Waals surface area contributed by atoms with Crippen molar-refractivity contribution in [3.63, 3.8) is 0 Å². The lowest BCUT2D eigenvalue weighted by Crippen LogP contribution is -2.13. The van der Waals surface area contributed by atoms with Crippen molar-refractivity contribution >= 4 is 9.84 Å². The van der Waals surface area contributed by atoms with E-state index >= 15 is 0 Å². The maximum Gasteiger partial charge on any atom is 0.179 e. The number of benzene rings is 1. The van der Waals surface area contributed by atoms with Crippen LogP contribution in [-0.4, -0.2) is 42.0 Å². The highest BCUT2D eigenvalue weighted by molar-refractivity contribution is 7.90. The molecule has 0 saturated carbocycles. The molecule has 0 spiro atoms. The number of methoxy groups -OCH3 is 2. The van der Waals surface area contributed by atoms with Crippen molar-refractivity contribution in [3.05, 3.63) is 17.7 Å². The average molecular weight is 285 g/mol.